The van der Waals surface area contributed by atoms with Crippen LogP contribution in [0.25, 0.3) is 0 Å². The highest BCUT2D eigenvalue weighted by Gasteiger charge is 2.44. The van der Waals surface area contributed by atoms with E-state index >= 15 is 0 Å². The van der Waals surface area contributed by atoms with Crippen LogP contribution in [0.15, 0.2) is 0 Å². The van der Waals surface area contributed by atoms with Crippen LogP contribution in [0.3, 0.4) is 0 Å². The van der Waals surface area contributed by atoms with Crippen LogP contribution in [0.4, 0.5) is 0 Å². The van der Waals surface area contributed by atoms with Gasteiger partial charge in [0.15, 0.2) is 6.29 Å². The van der Waals surface area contributed by atoms with Crippen LogP contribution >= 0.6 is 0 Å². The number of likely N-dealkylation sites (tertiary alicyclic amines) is 2. The molecule has 2 rings (SSSR count). The molecule has 0 unspecified atom stereocenters. The normalized spacial score (nSPS) is 25.0. The molecule has 6 nitrogen and oxygen atoms in total. The van der Waals surface area contributed by atoms with E-state index in [0.717, 1.165) is 38.5 Å². The van der Waals surface area contributed by atoms with Crippen molar-refractivity contribution in [3.63, 3.8) is 0 Å². The van der Waals surface area contributed by atoms with Crippen molar-refractivity contribution in [2.75, 3.05) is 27.7 Å². The average Bonchev–Trinajstić information content (AvgIpc) is 2.74. The molecule has 0 aromatic heterocycles. The van der Waals surface area contributed by atoms with Crippen LogP contribution in [-0.4, -0.2) is 78.1 Å². The summed E-state index contributed by atoms with van der Waals surface area (Å²) in [6, 6.07) is 0. The van der Waals surface area contributed by atoms with Gasteiger partial charge in [-0.1, -0.05) is 32.6 Å². The topological polar surface area (TPSA) is 43.4 Å². The molecular formula is C30H60N2O4. The molecule has 2 saturated heterocycles. The first kappa shape index (κ1) is 32.0. The molecule has 0 aromatic rings. The van der Waals surface area contributed by atoms with Gasteiger partial charge >= 0.3 is 0 Å². The maximum absolute atomic E-state index is 6.27. The predicted molar refractivity (Wildman–Crippen MR) is 149 cm³/mol. The standard InChI is InChI=1S/C30H60N2O4/c1-12-13-14-15-16-17-26(35-22-33-24-18-27(2,3)31(10)28(4,5)19-24)36-23-34-25-20-29(6,7)32(11)30(8,9)21-25/h24-26H,12-23H2,1-11H3. The Morgan fingerprint density at radius 3 is 1.33 bits per heavy atom. The maximum Gasteiger partial charge on any atom is 0.163 e. The zero-order valence-corrected chi connectivity index (χ0v) is 25.7. The fraction of sp³-hybridized carbons (Fsp3) is 1.00. The fourth-order valence-corrected chi connectivity index (χ4v) is 6.35. The van der Waals surface area contributed by atoms with E-state index in [1.54, 1.807) is 0 Å². The van der Waals surface area contributed by atoms with Gasteiger partial charge in [-0.15, -0.1) is 0 Å². The van der Waals surface area contributed by atoms with Crippen LogP contribution in [0.2, 0.25) is 0 Å². The molecule has 0 saturated carbocycles. The fourth-order valence-electron chi connectivity index (χ4n) is 6.35. The lowest BCUT2D eigenvalue weighted by Gasteiger charge is -2.53. The number of piperidine rings is 2. The molecule has 2 heterocycles. The van der Waals surface area contributed by atoms with Gasteiger partial charge in [0.1, 0.15) is 13.6 Å². The molecule has 36 heavy (non-hydrogen) atoms. The third-order valence-electron chi connectivity index (χ3n) is 9.20. The van der Waals surface area contributed by atoms with Crippen LogP contribution in [0.5, 0.6) is 0 Å². The molecule has 0 atom stereocenters. The Bertz CT molecular complexity index is 565. The molecule has 0 radical (unpaired) electrons. The highest BCUT2D eigenvalue weighted by Crippen LogP contribution is 2.39. The van der Waals surface area contributed by atoms with Crippen molar-refractivity contribution in [3.05, 3.63) is 0 Å². The lowest BCUT2D eigenvalue weighted by molar-refractivity contribution is -0.254. The van der Waals surface area contributed by atoms with Gasteiger partial charge in [0.05, 0.1) is 12.2 Å². The summed E-state index contributed by atoms with van der Waals surface area (Å²) in [6.07, 6.45) is 11.1. The maximum atomic E-state index is 6.27. The molecule has 0 aromatic carbocycles. The first-order valence-corrected chi connectivity index (χ1v) is 14.5. The summed E-state index contributed by atoms with van der Waals surface area (Å²) < 4.78 is 24.8. The van der Waals surface area contributed by atoms with E-state index in [4.69, 9.17) is 18.9 Å². The van der Waals surface area contributed by atoms with Gasteiger partial charge in [-0.2, -0.15) is 0 Å². The van der Waals surface area contributed by atoms with E-state index in [2.05, 4.69) is 86.2 Å². The highest BCUT2D eigenvalue weighted by atomic mass is 16.8. The van der Waals surface area contributed by atoms with Gasteiger partial charge < -0.3 is 18.9 Å². The molecule has 2 aliphatic heterocycles. The Morgan fingerprint density at radius 2 is 0.972 bits per heavy atom. The number of nitrogens with zero attached hydrogens (tertiary/aromatic N) is 2. The van der Waals surface area contributed by atoms with Gasteiger partial charge in [-0.05, 0) is 108 Å². The summed E-state index contributed by atoms with van der Waals surface area (Å²) in [5.41, 5.74) is 0.409. The number of hydrogen-bond donors (Lipinski definition) is 0. The summed E-state index contributed by atoms with van der Waals surface area (Å²) in [7, 11) is 4.45. The van der Waals surface area contributed by atoms with Gasteiger partial charge in [0.25, 0.3) is 0 Å². The Balaban J connectivity index is 1.85. The lowest BCUT2D eigenvalue weighted by Crippen LogP contribution is -2.60. The minimum atomic E-state index is -0.286. The number of unbranched alkanes of at least 4 members (excludes halogenated alkanes) is 4. The summed E-state index contributed by atoms with van der Waals surface area (Å²) >= 11 is 0. The van der Waals surface area contributed by atoms with Crippen molar-refractivity contribution in [2.24, 2.45) is 0 Å². The molecule has 2 fully saturated rings. The number of rotatable bonds is 14. The average molecular weight is 513 g/mol. The lowest BCUT2D eigenvalue weighted by atomic mass is 9.79. The van der Waals surface area contributed by atoms with E-state index in [1.165, 1.54) is 25.7 Å². The Hall–Kier alpha value is -0.240. The third kappa shape index (κ3) is 9.20. The van der Waals surface area contributed by atoms with Crippen molar-refractivity contribution in [1.82, 2.24) is 9.80 Å². The molecular weight excluding hydrogens is 452 g/mol. The quantitative estimate of drug-likeness (QED) is 0.185. The van der Waals surface area contributed by atoms with E-state index < -0.39 is 0 Å². The third-order valence-corrected chi connectivity index (χ3v) is 9.20. The van der Waals surface area contributed by atoms with Crippen LogP contribution in [0, 0.1) is 0 Å². The predicted octanol–water partition coefficient (Wildman–Crippen LogP) is 6.96. The number of ether oxygens (including phenoxy) is 4. The summed E-state index contributed by atoms with van der Waals surface area (Å²) in [5.74, 6) is 0. The molecule has 6 heteroatoms. The molecule has 0 N–H and O–H groups in total. The van der Waals surface area contributed by atoms with Crippen molar-refractivity contribution in [3.8, 4) is 0 Å². The van der Waals surface area contributed by atoms with Crippen LogP contribution < -0.4 is 0 Å². The SMILES string of the molecule is CCCCCCCC(OCOC1CC(C)(C)N(C)C(C)(C)C1)OCOC1CC(C)(C)N(C)C(C)(C)C1. The van der Waals surface area contributed by atoms with E-state index in [-0.39, 0.29) is 54.2 Å². The minimum absolute atomic E-state index is 0.102. The minimum Gasteiger partial charge on any atom is -0.352 e. The summed E-state index contributed by atoms with van der Waals surface area (Å²) in [5, 5.41) is 0. The van der Waals surface area contributed by atoms with Gasteiger partial charge in [0.2, 0.25) is 0 Å². The van der Waals surface area contributed by atoms with Gasteiger partial charge in [-0.3, -0.25) is 9.80 Å². The van der Waals surface area contributed by atoms with Crippen molar-refractivity contribution < 1.29 is 18.9 Å². The first-order chi connectivity index (χ1) is 16.6. The van der Waals surface area contributed by atoms with Gasteiger partial charge in [0, 0.05) is 22.2 Å². The largest absolute Gasteiger partial charge is 0.352 e. The van der Waals surface area contributed by atoms with E-state index in [0.29, 0.717) is 0 Å². The highest BCUT2D eigenvalue weighted by molar-refractivity contribution is 4.99. The zero-order chi connectivity index (χ0) is 27.2. The second-order valence-corrected chi connectivity index (χ2v) is 14.0. The molecule has 0 amide bonds. The zero-order valence-electron chi connectivity index (χ0n) is 25.7. The second kappa shape index (κ2) is 13.2. The van der Waals surface area contributed by atoms with E-state index in [1.807, 2.05) is 0 Å². The second-order valence-electron chi connectivity index (χ2n) is 14.0. The van der Waals surface area contributed by atoms with Crippen molar-refractivity contribution >= 4 is 0 Å². The summed E-state index contributed by atoms with van der Waals surface area (Å²) in [6.45, 7) is 21.2. The molecule has 2 aliphatic rings. The first-order valence-electron chi connectivity index (χ1n) is 14.5. The summed E-state index contributed by atoms with van der Waals surface area (Å²) in [4.78, 5) is 4.96. The number of hydrogen-bond acceptors (Lipinski definition) is 6. The smallest absolute Gasteiger partial charge is 0.163 e. The van der Waals surface area contributed by atoms with Crippen LogP contribution in [0.1, 0.15) is 127 Å². The molecule has 0 bridgehead atoms. The molecule has 0 spiro atoms. The Labute approximate surface area is 223 Å². The Kier molecular flexibility index (Phi) is 11.7. The van der Waals surface area contributed by atoms with Crippen molar-refractivity contribution in [1.29, 1.82) is 0 Å². The van der Waals surface area contributed by atoms with Gasteiger partial charge in [-0.25, -0.2) is 0 Å². The molecule has 0 aliphatic carbocycles. The van der Waals surface area contributed by atoms with Crippen LogP contribution in [-0.2, 0) is 18.9 Å². The Morgan fingerprint density at radius 1 is 0.611 bits per heavy atom. The van der Waals surface area contributed by atoms with Crippen molar-refractivity contribution in [2.45, 2.75) is 167 Å². The molecule has 214 valence electrons. The van der Waals surface area contributed by atoms with E-state index in [9.17, 15) is 0 Å². The monoisotopic (exact) mass is 512 g/mol.